The van der Waals surface area contributed by atoms with Crippen molar-refractivity contribution in [2.24, 2.45) is 9.98 Å². The molecule has 9 heteroatoms. The number of hydrogen-bond donors (Lipinski definition) is 1. The first-order chi connectivity index (χ1) is 13.9. The van der Waals surface area contributed by atoms with E-state index in [0.29, 0.717) is 0 Å². The number of benzene rings is 1. The first-order valence-corrected chi connectivity index (χ1v) is 9.90. The summed E-state index contributed by atoms with van der Waals surface area (Å²) in [7, 11) is 0. The van der Waals surface area contributed by atoms with Gasteiger partial charge in [-0.1, -0.05) is 42.1 Å². The zero-order chi connectivity index (χ0) is 20.4. The number of alkyl halides is 3. The molecule has 1 aromatic rings. The molecule has 0 bridgehead atoms. The molecule has 1 N–H and O–H groups in total. The molecular weight excluding hydrogens is 401 g/mol. The second-order valence-electron chi connectivity index (χ2n) is 6.60. The molecule has 0 atom stereocenters. The van der Waals surface area contributed by atoms with Crippen LogP contribution in [-0.4, -0.2) is 36.0 Å². The predicted molar refractivity (Wildman–Crippen MR) is 108 cm³/mol. The Bertz CT molecular complexity index is 974. The smallest absolute Gasteiger partial charge is 0.323 e. The minimum atomic E-state index is -4.45. The van der Waals surface area contributed by atoms with Gasteiger partial charge in [-0.15, -0.1) is 0 Å². The summed E-state index contributed by atoms with van der Waals surface area (Å²) in [4.78, 5) is 22.0. The van der Waals surface area contributed by atoms with Gasteiger partial charge in [0.2, 0.25) is 5.91 Å². The van der Waals surface area contributed by atoms with E-state index in [9.17, 15) is 18.0 Å². The van der Waals surface area contributed by atoms with Gasteiger partial charge >= 0.3 is 6.18 Å². The Morgan fingerprint density at radius 3 is 2.62 bits per heavy atom. The number of nitrogens with zero attached hydrogens (tertiary/aromatic N) is 3. The van der Waals surface area contributed by atoms with Crippen LogP contribution in [0.2, 0.25) is 0 Å². The molecule has 5 nitrogen and oxygen atoms in total. The molecule has 29 heavy (non-hydrogen) atoms. The van der Waals surface area contributed by atoms with Gasteiger partial charge in [0, 0.05) is 17.8 Å². The molecule has 0 saturated carbocycles. The van der Waals surface area contributed by atoms with Gasteiger partial charge in [-0.3, -0.25) is 9.79 Å². The Morgan fingerprint density at radius 1 is 1.14 bits per heavy atom. The predicted octanol–water partition coefficient (Wildman–Crippen LogP) is 4.21. The van der Waals surface area contributed by atoms with E-state index >= 15 is 0 Å². The van der Waals surface area contributed by atoms with Gasteiger partial charge in [0.1, 0.15) is 10.7 Å². The normalized spacial score (nSPS) is 18.5. The molecule has 3 aliphatic rings. The molecule has 0 spiro atoms. The van der Waals surface area contributed by atoms with Crippen molar-refractivity contribution >= 4 is 35.8 Å². The van der Waals surface area contributed by atoms with Gasteiger partial charge in [-0.2, -0.15) is 13.2 Å². The van der Waals surface area contributed by atoms with E-state index in [0.717, 1.165) is 51.7 Å². The SMILES string of the molecule is O=C(Cc1ccc(C2=CCCC=N2)cc1)NC1=C2SC=C(C(F)(F)F)N2CC=N1. The zero-order valence-electron chi connectivity index (χ0n) is 15.2. The van der Waals surface area contributed by atoms with Gasteiger partial charge < -0.3 is 10.2 Å². The van der Waals surface area contributed by atoms with Crippen molar-refractivity contribution in [1.29, 1.82) is 0 Å². The summed E-state index contributed by atoms with van der Waals surface area (Å²) in [6.07, 6.45) is 2.87. The van der Waals surface area contributed by atoms with Gasteiger partial charge in [0.25, 0.3) is 0 Å². The summed E-state index contributed by atoms with van der Waals surface area (Å²) in [6, 6.07) is 7.52. The number of carbonyl (C=O) groups is 1. The fraction of sp³-hybridized carbons (Fsp3) is 0.250. The fourth-order valence-electron chi connectivity index (χ4n) is 3.15. The molecular formula is C20H17F3N4OS. The number of amides is 1. The molecule has 150 valence electrons. The van der Waals surface area contributed by atoms with Crippen LogP contribution in [0.25, 0.3) is 5.70 Å². The molecule has 0 unspecified atom stereocenters. The summed E-state index contributed by atoms with van der Waals surface area (Å²) in [5.41, 5.74) is 1.95. The van der Waals surface area contributed by atoms with Crippen molar-refractivity contribution in [3.05, 3.63) is 63.4 Å². The second kappa shape index (κ2) is 7.90. The third-order valence-corrected chi connectivity index (χ3v) is 5.51. The number of allylic oxidation sites excluding steroid dienone is 2. The molecule has 0 aliphatic carbocycles. The van der Waals surface area contributed by atoms with E-state index in [1.807, 2.05) is 30.5 Å². The van der Waals surface area contributed by atoms with Gasteiger partial charge in [-0.25, -0.2) is 4.99 Å². The number of hydrogen-bond acceptors (Lipinski definition) is 5. The molecule has 0 fully saturated rings. The highest BCUT2D eigenvalue weighted by Gasteiger charge is 2.43. The maximum atomic E-state index is 13.1. The Hall–Kier alpha value is -2.81. The number of thioether (sulfide) groups is 1. The number of nitrogens with one attached hydrogen (secondary N) is 1. The molecule has 3 aliphatic heterocycles. The third kappa shape index (κ3) is 4.29. The van der Waals surface area contributed by atoms with Crippen LogP contribution in [0.15, 0.2) is 62.3 Å². The molecule has 0 saturated heterocycles. The maximum absolute atomic E-state index is 13.1. The van der Waals surface area contributed by atoms with Gasteiger partial charge in [0.15, 0.2) is 5.82 Å². The van der Waals surface area contributed by atoms with Crippen LogP contribution in [-0.2, 0) is 11.2 Å². The average Bonchev–Trinajstić information content (AvgIpc) is 3.15. The Balaban J connectivity index is 1.42. The largest absolute Gasteiger partial charge is 0.431 e. The molecule has 4 rings (SSSR count). The van der Waals surface area contributed by atoms with Crippen molar-refractivity contribution in [2.45, 2.75) is 25.4 Å². The molecule has 1 aromatic carbocycles. The standard InChI is InChI=1S/C20H17F3N4OS/c21-20(22,23)16-12-29-19-18(25-9-10-27(16)19)26-17(28)11-13-4-6-14(7-5-13)15-3-1-2-8-24-15/h3-9,12H,1-2,10-11H2,(H,26,28). The minimum absolute atomic E-state index is 0.0207. The summed E-state index contributed by atoms with van der Waals surface area (Å²) in [5, 5.41) is 3.96. The number of carbonyl (C=O) groups excluding carboxylic acids is 1. The van der Waals surface area contributed by atoms with Crippen LogP contribution in [0, 0.1) is 0 Å². The van der Waals surface area contributed by atoms with Crippen molar-refractivity contribution in [3.63, 3.8) is 0 Å². The topological polar surface area (TPSA) is 57.1 Å². The monoisotopic (exact) mass is 418 g/mol. The maximum Gasteiger partial charge on any atom is 0.431 e. The van der Waals surface area contributed by atoms with Gasteiger partial charge in [0.05, 0.1) is 18.7 Å². The number of fused-ring (bicyclic) bond motifs is 1. The van der Waals surface area contributed by atoms with E-state index in [4.69, 9.17) is 0 Å². The number of rotatable bonds is 4. The summed E-state index contributed by atoms with van der Waals surface area (Å²) in [5.74, 6) is -0.199. The first kappa shape index (κ1) is 19.5. The van der Waals surface area contributed by atoms with Crippen LogP contribution in [0.4, 0.5) is 13.2 Å². The zero-order valence-corrected chi connectivity index (χ0v) is 16.1. The van der Waals surface area contributed by atoms with Crippen LogP contribution in [0.3, 0.4) is 0 Å². The lowest BCUT2D eigenvalue weighted by atomic mass is 10.0. The van der Waals surface area contributed by atoms with Crippen LogP contribution >= 0.6 is 11.8 Å². The van der Waals surface area contributed by atoms with E-state index in [2.05, 4.69) is 21.4 Å². The lowest BCUT2D eigenvalue weighted by molar-refractivity contribution is -0.119. The second-order valence-corrected chi connectivity index (χ2v) is 7.45. The highest BCUT2D eigenvalue weighted by Crippen LogP contribution is 2.44. The fourth-order valence-corrected chi connectivity index (χ4v) is 4.14. The molecule has 0 radical (unpaired) electrons. The quantitative estimate of drug-likeness (QED) is 0.797. The van der Waals surface area contributed by atoms with E-state index in [1.54, 1.807) is 0 Å². The van der Waals surface area contributed by atoms with Crippen molar-refractivity contribution < 1.29 is 18.0 Å². The third-order valence-electron chi connectivity index (χ3n) is 4.53. The Kier molecular flexibility index (Phi) is 5.31. The molecule has 0 aromatic heterocycles. The van der Waals surface area contributed by atoms with E-state index in [-0.39, 0.29) is 29.7 Å². The Labute approximate surface area is 169 Å². The van der Waals surface area contributed by atoms with Crippen LogP contribution < -0.4 is 5.32 Å². The summed E-state index contributed by atoms with van der Waals surface area (Å²) < 4.78 is 39.3. The summed E-state index contributed by atoms with van der Waals surface area (Å²) in [6.45, 7) is 0.0207. The minimum Gasteiger partial charge on any atom is -0.323 e. The molecule has 1 amide bonds. The Morgan fingerprint density at radius 2 is 1.93 bits per heavy atom. The van der Waals surface area contributed by atoms with Crippen LogP contribution in [0.1, 0.15) is 24.0 Å². The van der Waals surface area contributed by atoms with Crippen molar-refractivity contribution in [1.82, 2.24) is 10.2 Å². The average molecular weight is 418 g/mol. The lowest BCUT2D eigenvalue weighted by Crippen LogP contribution is -2.35. The highest BCUT2D eigenvalue weighted by atomic mass is 32.2. The number of aliphatic imine (C=N–C) groups is 2. The molecule has 3 heterocycles. The van der Waals surface area contributed by atoms with Crippen LogP contribution in [0.5, 0.6) is 0 Å². The number of halogens is 3. The first-order valence-electron chi connectivity index (χ1n) is 9.02. The van der Waals surface area contributed by atoms with E-state index in [1.165, 1.54) is 6.21 Å². The van der Waals surface area contributed by atoms with Gasteiger partial charge in [-0.05, 0) is 24.0 Å². The van der Waals surface area contributed by atoms with Crippen molar-refractivity contribution in [3.8, 4) is 0 Å². The lowest BCUT2D eigenvalue weighted by Gasteiger charge is -2.26. The van der Waals surface area contributed by atoms with Crippen molar-refractivity contribution in [2.75, 3.05) is 6.54 Å². The summed E-state index contributed by atoms with van der Waals surface area (Å²) >= 11 is 0.911. The van der Waals surface area contributed by atoms with E-state index < -0.39 is 11.9 Å². The highest BCUT2D eigenvalue weighted by molar-refractivity contribution is 8.06.